The van der Waals surface area contributed by atoms with Gasteiger partial charge in [-0.1, -0.05) is 11.6 Å². The van der Waals surface area contributed by atoms with E-state index in [2.05, 4.69) is 5.32 Å². The Kier molecular flexibility index (Phi) is 7.95. The molecule has 0 saturated carbocycles. The monoisotopic (exact) mass is 344 g/mol. The lowest BCUT2D eigenvalue weighted by molar-refractivity contribution is -0.920. The molecule has 0 unspecified atom stereocenters. The summed E-state index contributed by atoms with van der Waals surface area (Å²) < 4.78 is 16.7. The maximum atomic E-state index is 6.35. The first kappa shape index (κ1) is 18.3. The Bertz CT molecular complexity index is 479. The highest BCUT2D eigenvalue weighted by Gasteiger charge is 2.15. The summed E-state index contributed by atoms with van der Waals surface area (Å²) in [6.45, 7) is 12.3. The van der Waals surface area contributed by atoms with Crippen molar-refractivity contribution in [2.45, 2.75) is 20.4 Å². The molecule has 0 aromatic heterocycles. The predicted molar refractivity (Wildman–Crippen MR) is 90.7 cm³/mol. The predicted octanol–water partition coefficient (Wildman–Crippen LogP) is 0.116. The van der Waals surface area contributed by atoms with E-state index in [4.69, 9.17) is 25.8 Å². The van der Waals surface area contributed by atoms with E-state index in [9.17, 15) is 0 Å². The highest BCUT2D eigenvalue weighted by atomic mass is 35.5. The van der Waals surface area contributed by atoms with Crippen molar-refractivity contribution in [1.29, 1.82) is 0 Å². The smallest absolute Gasteiger partial charge is 0.179 e. The van der Waals surface area contributed by atoms with Gasteiger partial charge in [-0.05, 0) is 26.0 Å². The summed E-state index contributed by atoms with van der Waals surface area (Å²) >= 11 is 6.35. The average Bonchev–Trinajstić information content (AvgIpc) is 2.56. The first-order chi connectivity index (χ1) is 11.2. The van der Waals surface area contributed by atoms with E-state index < -0.39 is 0 Å². The van der Waals surface area contributed by atoms with Gasteiger partial charge in [-0.2, -0.15) is 0 Å². The van der Waals surface area contributed by atoms with Crippen molar-refractivity contribution in [1.82, 2.24) is 0 Å². The van der Waals surface area contributed by atoms with E-state index in [1.54, 1.807) is 4.90 Å². The van der Waals surface area contributed by atoms with E-state index in [0.717, 1.165) is 45.1 Å². The van der Waals surface area contributed by atoms with E-state index in [0.29, 0.717) is 24.0 Å². The van der Waals surface area contributed by atoms with Gasteiger partial charge >= 0.3 is 0 Å². The molecule has 1 fully saturated rings. The summed E-state index contributed by atoms with van der Waals surface area (Å²) in [5.74, 6) is 1.39. The lowest BCUT2D eigenvalue weighted by Crippen LogP contribution is -3.16. The van der Waals surface area contributed by atoms with Crippen molar-refractivity contribution in [3.63, 3.8) is 0 Å². The molecule has 0 atom stereocenters. The van der Waals surface area contributed by atoms with E-state index in [-0.39, 0.29) is 0 Å². The second-order valence-electron chi connectivity index (χ2n) is 5.66. The van der Waals surface area contributed by atoms with Gasteiger partial charge in [0, 0.05) is 5.56 Å². The second kappa shape index (κ2) is 9.98. The molecule has 130 valence electrons. The third kappa shape index (κ3) is 5.84. The molecule has 1 heterocycles. The molecule has 3 N–H and O–H groups in total. The number of nitrogens with two attached hydrogens (primary N) is 1. The van der Waals surface area contributed by atoms with Crippen LogP contribution in [-0.4, -0.2) is 52.6 Å². The van der Waals surface area contributed by atoms with E-state index in [1.807, 2.05) is 26.0 Å². The van der Waals surface area contributed by atoms with E-state index in [1.165, 1.54) is 12.1 Å². The second-order valence-corrected chi connectivity index (χ2v) is 6.07. The van der Waals surface area contributed by atoms with Gasteiger partial charge in [0.05, 0.1) is 31.5 Å². The molecule has 1 saturated heterocycles. The first-order valence-corrected chi connectivity index (χ1v) is 8.93. The van der Waals surface area contributed by atoms with Gasteiger partial charge in [0.1, 0.15) is 32.7 Å². The van der Waals surface area contributed by atoms with Gasteiger partial charge in [-0.3, -0.25) is 0 Å². The molecule has 1 aliphatic heterocycles. The molecule has 1 aromatic rings. The Morgan fingerprint density at radius 3 is 2.61 bits per heavy atom. The van der Waals surface area contributed by atoms with Crippen LogP contribution in [0.5, 0.6) is 11.5 Å². The number of halogens is 1. The quantitative estimate of drug-likeness (QED) is 0.625. The third-order valence-corrected chi connectivity index (χ3v) is 4.22. The fourth-order valence-corrected chi connectivity index (χ4v) is 3.06. The summed E-state index contributed by atoms with van der Waals surface area (Å²) in [6.07, 6.45) is 0. The molecule has 0 radical (unpaired) electrons. The van der Waals surface area contributed by atoms with Crippen LogP contribution in [0.4, 0.5) is 0 Å². The molecular weight excluding hydrogens is 316 g/mol. The summed E-state index contributed by atoms with van der Waals surface area (Å²) in [6, 6.07) is 4.02. The number of nitrogens with one attached hydrogen (secondary N) is 1. The van der Waals surface area contributed by atoms with Crippen LogP contribution in [-0.2, 0) is 11.3 Å². The van der Waals surface area contributed by atoms with Crippen LogP contribution in [0.25, 0.3) is 0 Å². The minimum Gasteiger partial charge on any atom is -0.490 e. The number of hydrogen-bond donors (Lipinski definition) is 2. The number of rotatable bonds is 9. The Morgan fingerprint density at radius 1 is 1.17 bits per heavy atom. The molecule has 1 aliphatic rings. The Balaban J connectivity index is 1.86. The average molecular weight is 345 g/mol. The minimum atomic E-state index is 0.577. The summed E-state index contributed by atoms with van der Waals surface area (Å²) in [4.78, 5) is 1.63. The lowest BCUT2D eigenvalue weighted by Gasteiger charge is -2.22. The minimum absolute atomic E-state index is 0.577. The topological polar surface area (TPSA) is 48.7 Å². The van der Waals surface area contributed by atoms with Crippen LogP contribution in [0, 0.1) is 0 Å². The number of benzene rings is 1. The number of ether oxygens (including phenoxy) is 3. The molecule has 23 heavy (non-hydrogen) atoms. The van der Waals surface area contributed by atoms with Crippen molar-refractivity contribution in [3.05, 3.63) is 22.7 Å². The van der Waals surface area contributed by atoms with Crippen molar-refractivity contribution >= 4 is 11.6 Å². The van der Waals surface area contributed by atoms with Crippen LogP contribution >= 0.6 is 11.6 Å². The van der Waals surface area contributed by atoms with Crippen LogP contribution in [0.2, 0.25) is 5.02 Å². The molecular formula is C17H29ClN2O3+2. The van der Waals surface area contributed by atoms with Crippen molar-refractivity contribution in [3.8, 4) is 11.5 Å². The van der Waals surface area contributed by atoms with E-state index >= 15 is 0 Å². The standard InChI is InChI=1S/C17H27ClN2O3/c1-3-22-16-12-14(11-15(18)17(16)23-4-2)13-19-5-6-20-7-9-21-10-8-20/h11-12,19H,3-10,13H2,1-2H3/p+2. The Hall–Kier alpha value is -1.01. The lowest BCUT2D eigenvalue weighted by atomic mass is 10.2. The molecule has 1 aromatic carbocycles. The zero-order valence-electron chi connectivity index (χ0n) is 14.2. The molecule has 0 bridgehead atoms. The maximum Gasteiger partial charge on any atom is 0.179 e. The molecule has 2 rings (SSSR count). The van der Waals surface area contributed by atoms with Crippen molar-refractivity contribution in [2.24, 2.45) is 0 Å². The summed E-state index contributed by atoms with van der Waals surface area (Å²) in [5.41, 5.74) is 1.17. The molecule has 6 heteroatoms. The van der Waals surface area contributed by atoms with Gasteiger partial charge in [-0.15, -0.1) is 0 Å². The number of morpholine rings is 1. The highest BCUT2D eigenvalue weighted by Crippen LogP contribution is 2.36. The van der Waals surface area contributed by atoms with Crippen LogP contribution in [0.15, 0.2) is 12.1 Å². The van der Waals surface area contributed by atoms with Crippen molar-refractivity contribution in [2.75, 3.05) is 52.6 Å². The van der Waals surface area contributed by atoms with Gasteiger partial charge in [0.15, 0.2) is 11.5 Å². The van der Waals surface area contributed by atoms with Crippen molar-refractivity contribution < 1.29 is 24.4 Å². The Morgan fingerprint density at radius 2 is 1.91 bits per heavy atom. The number of quaternary nitrogens is 2. The molecule has 0 spiro atoms. The number of hydrogen-bond acceptors (Lipinski definition) is 3. The van der Waals surface area contributed by atoms with Crippen LogP contribution in [0.3, 0.4) is 0 Å². The third-order valence-electron chi connectivity index (χ3n) is 3.94. The zero-order chi connectivity index (χ0) is 16.5. The zero-order valence-corrected chi connectivity index (χ0v) is 15.0. The Labute approximate surface area is 143 Å². The van der Waals surface area contributed by atoms with Gasteiger partial charge in [0.25, 0.3) is 0 Å². The maximum absolute atomic E-state index is 6.35. The summed E-state index contributed by atoms with van der Waals surface area (Å²) in [7, 11) is 0. The fourth-order valence-electron chi connectivity index (χ4n) is 2.77. The fraction of sp³-hybridized carbons (Fsp3) is 0.647. The largest absolute Gasteiger partial charge is 0.490 e. The first-order valence-electron chi connectivity index (χ1n) is 8.55. The summed E-state index contributed by atoms with van der Waals surface area (Å²) in [5, 5.41) is 2.95. The van der Waals surface area contributed by atoms with Gasteiger partial charge in [0.2, 0.25) is 0 Å². The van der Waals surface area contributed by atoms with Crippen LogP contribution < -0.4 is 19.7 Å². The molecule has 5 nitrogen and oxygen atoms in total. The van der Waals surface area contributed by atoms with Gasteiger partial charge in [-0.25, -0.2) is 0 Å². The normalized spacial score (nSPS) is 15.6. The molecule has 0 amide bonds. The van der Waals surface area contributed by atoms with Crippen LogP contribution in [0.1, 0.15) is 19.4 Å². The van der Waals surface area contributed by atoms with Gasteiger partial charge < -0.3 is 24.4 Å². The molecule has 0 aliphatic carbocycles. The SMILES string of the molecule is CCOc1cc(C[NH2+]CC[NH+]2CCOCC2)cc(Cl)c1OCC. The highest BCUT2D eigenvalue weighted by molar-refractivity contribution is 6.32.